The van der Waals surface area contributed by atoms with Crippen molar-refractivity contribution in [2.45, 2.75) is 25.2 Å². The fourth-order valence-electron chi connectivity index (χ4n) is 2.11. The zero-order valence-corrected chi connectivity index (χ0v) is 12.4. The summed E-state index contributed by atoms with van der Waals surface area (Å²) < 4.78 is 26.3. The Bertz CT molecular complexity index is 545. The first-order valence-electron chi connectivity index (χ1n) is 6.61. The fraction of sp³-hybridized carbons (Fsp3) is 0.615. The van der Waals surface area contributed by atoms with Gasteiger partial charge in [0.2, 0.25) is 10.0 Å². The van der Waals surface area contributed by atoms with Crippen molar-refractivity contribution in [1.82, 2.24) is 9.29 Å². The van der Waals surface area contributed by atoms with Crippen LogP contribution >= 0.6 is 0 Å². The highest BCUT2D eigenvalue weighted by molar-refractivity contribution is 7.89. The van der Waals surface area contributed by atoms with Gasteiger partial charge in [-0.15, -0.1) is 0 Å². The van der Waals surface area contributed by atoms with Gasteiger partial charge in [-0.2, -0.15) is 0 Å². The second-order valence-corrected chi connectivity index (χ2v) is 7.21. The topological polar surface area (TPSA) is 62.3 Å². The van der Waals surface area contributed by atoms with E-state index in [1.165, 1.54) is 10.5 Å². The summed E-state index contributed by atoms with van der Waals surface area (Å²) in [5.41, 5.74) is 0. The molecule has 2 rings (SSSR count). The van der Waals surface area contributed by atoms with Crippen LogP contribution in [-0.4, -0.2) is 37.8 Å². The van der Waals surface area contributed by atoms with Crippen LogP contribution in [0.5, 0.6) is 0 Å². The molecule has 6 heteroatoms. The van der Waals surface area contributed by atoms with Crippen molar-refractivity contribution in [2.24, 2.45) is 11.8 Å². The van der Waals surface area contributed by atoms with E-state index in [9.17, 15) is 8.42 Å². The second-order valence-electron chi connectivity index (χ2n) is 5.17. The Morgan fingerprint density at radius 1 is 1.53 bits per heavy atom. The Morgan fingerprint density at radius 3 is 2.79 bits per heavy atom. The molecule has 1 aliphatic carbocycles. The zero-order valence-electron chi connectivity index (χ0n) is 11.6. The quantitative estimate of drug-likeness (QED) is 0.864. The minimum Gasteiger partial charge on any atom is -0.370 e. The van der Waals surface area contributed by atoms with E-state index in [4.69, 9.17) is 0 Å². The highest BCUT2D eigenvalue weighted by Gasteiger charge is 2.36. The number of hydrogen-bond donors (Lipinski definition) is 1. The number of aromatic nitrogens is 1. The third kappa shape index (κ3) is 3.25. The van der Waals surface area contributed by atoms with E-state index in [1.54, 1.807) is 19.2 Å². The number of nitrogens with one attached hydrogen (secondary N) is 1. The van der Waals surface area contributed by atoms with Crippen LogP contribution in [0.1, 0.15) is 20.3 Å². The average Bonchev–Trinajstić information content (AvgIpc) is 3.05. The minimum atomic E-state index is -3.40. The maximum atomic E-state index is 12.4. The number of nitrogens with zero attached hydrogens (tertiary/aromatic N) is 2. The molecule has 0 aromatic carbocycles. The van der Waals surface area contributed by atoms with E-state index >= 15 is 0 Å². The number of sulfonamides is 1. The Balaban J connectivity index is 2.15. The lowest BCUT2D eigenvalue weighted by Crippen LogP contribution is -2.29. The van der Waals surface area contributed by atoms with E-state index in [0.717, 1.165) is 6.42 Å². The summed E-state index contributed by atoms with van der Waals surface area (Å²) in [5.74, 6) is 1.75. The molecule has 2 atom stereocenters. The summed E-state index contributed by atoms with van der Waals surface area (Å²) in [6.07, 6.45) is 2.65. The molecule has 0 radical (unpaired) electrons. The fourth-order valence-corrected chi connectivity index (χ4v) is 3.35. The van der Waals surface area contributed by atoms with Gasteiger partial charge < -0.3 is 5.32 Å². The first-order valence-corrected chi connectivity index (χ1v) is 8.05. The molecule has 1 heterocycles. The van der Waals surface area contributed by atoms with E-state index in [1.807, 2.05) is 6.92 Å². The highest BCUT2D eigenvalue weighted by Crippen LogP contribution is 2.38. The zero-order chi connectivity index (χ0) is 14.0. The van der Waals surface area contributed by atoms with Crippen molar-refractivity contribution in [3.63, 3.8) is 0 Å². The number of pyridine rings is 1. The standard InChI is InChI=1S/C13H21N3O2S/c1-4-14-13-8-12(5-6-15-13)19(17,18)16(3)9-11-7-10(11)2/h5-6,8,10-11H,4,7,9H2,1-3H3,(H,14,15). The van der Waals surface area contributed by atoms with E-state index in [-0.39, 0.29) is 0 Å². The first kappa shape index (κ1) is 14.3. The van der Waals surface area contributed by atoms with Crippen LogP contribution in [-0.2, 0) is 10.0 Å². The Hall–Kier alpha value is -1.14. The Morgan fingerprint density at radius 2 is 2.21 bits per heavy atom. The molecule has 1 aromatic heterocycles. The SMILES string of the molecule is CCNc1cc(S(=O)(=O)N(C)CC2CC2C)ccn1. The van der Waals surface area contributed by atoms with Gasteiger partial charge in [-0.05, 0) is 31.2 Å². The van der Waals surface area contributed by atoms with Crippen LogP contribution in [0.25, 0.3) is 0 Å². The van der Waals surface area contributed by atoms with Crippen molar-refractivity contribution < 1.29 is 8.42 Å². The van der Waals surface area contributed by atoms with Crippen LogP contribution in [0, 0.1) is 11.8 Å². The molecule has 5 nitrogen and oxygen atoms in total. The van der Waals surface area contributed by atoms with Gasteiger partial charge in [0.15, 0.2) is 0 Å². The molecule has 0 spiro atoms. The number of rotatable bonds is 6. The van der Waals surface area contributed by atoms with Crippen LogP contribution in [0.15, 0.2) is 23.2 Å². The summed E-state index contributed by atoms with van der Waals surface area (Å²) in [7, 11) is -1.76. The van der Waals surface area contributed by atoms with Crippen molar-refractivity contribution in [3.8, 4) is 0 Å². The third-order valence-corrected chi connectivity index (χ3v) is 5.38. The van der Waals surface area contributed by atoms with Crippen molar-refractivity contribution in [1.29, 1.82) is 0 Å². The van der Waals surface area contributed by atoms with Gasteiger partial charge >= 0.3 is 0 Å². The van der Waals surface area contributed by atoms with Gasteiger partial charge in [-0.25, -0.2) is 17.7 Å². The van der Waals surface area contributed by atoms with Crippen molar-refractivity contribution >= 4 is 15.8 Å². The van der Waals surface area contributed by atoms with Crippen LogP contribution in [0.4, 0.5) is 5.82 Å². The molecule has 2 unspecified atom stereocenters. The monoisotopic (exact) mass is 283 g/mol. The van der Waals surface area contributed by atoms with Crippen molar-refractivity contribution in [3.05, 3.63) is 18.3 Å². The van der Waals surface area contributed by atoms with Gasteiger partial charge in [0.05, 0.1) is 4.90 Å². The molecule has 106 valence electrons. The lowest BCUT2D eigenvalue weighted by atomic mass is 10.3. The lowest BCUT2D eigenvalue weighted by Gasteiger charge is -2.17. The molecule has 1 saturated carbocycles. The van der Waals surface area contributed by atoms with E-state index < -0.39 is 10.0 Å². The molecule has 1 fully saturated rings. The Kier molecular flexibility index (Phi) is 4.10. The average molecular weight is 283 g/mol. The van der Waals surface area contributed by atoms with E-state index in [2.05, 4.69) is 17.2 Å². The van der Waals surface area contributed by atoms with Crippen molar-refractivity contribution in [2.75, 3.05) is 25.5 Å². The molecule has 1 aromatic rings. The number of hydrogen-bond acceptors (Lipinski definition) is 4. The number of anilines is 1. The maximum absolute atomic E-state index is 12.4. The normalized spacial score (nSPS) is 22.5. The largest absolute Gasteiger partial charge is 0.370 e. The summed E-state index contributed by atoms with van der Waals surface area (Å²) in [6.45, 7) is 5.42. The second kappa shape index (κ2) is 5.46. The first-order chi connectivity index (χ1) is 8.95. The summed E-state index contributed by atoms with van der Waals surface area (Å²) >= 11 is 0. The molecule has 0 amide bonds. The summed E-state index contributed by atoms with van der Waals surface area (Å²) in [6, 6.07) is 3.13. The molecule has 0 aliphatic heterocycles. The van der Waals surface area contributed by atoms with Gasteiger partial charge in [-0.1, -0.05) is 6.92 Å². The van der Waals surface area contributed by atoms with Gasteiger partial charge in [0.25, 0.3) is 0 Å². The maximum Gasteiger partial charge on any atom is 0.243 e. The molecule has 19 heavy (non-hydrogen) atoms. The van der Waals surface area contributed by atoms with Crippen LogP contribution < -0.4 is 5.32 Å². The molecular formula is C13H21N3O2S. The summed E-state index contributed by atoms with van der Waals surface area (Å²) in [4.78, 5) is 4.39. The van der Waals surface area contributed by atoms with E-state index in [0.29, 0.717) is 35.6 Å². The van der Waals surface area contributed by atoms with Gasteiger partial charge in [0, 0.05) is 32.4 Å². The predicted molar refractivity (Wildman–Crippen MR) is 75.5 cm³/mol. The predicted octanol–water partition coefficient (Wildman–Crippen LogP) is 1.79. The minimum absolute atomic E-state index is 0.300. The lowest BCUT2D eigenvalue weighted by molar-refractivity contribution is 0.444. The molecule has 0 saturated heterocycles. The van der Waals surface area contributed by atoms with Gasteiger partial charge in [-0.3, -0.25) is 0 Å². The third-order valence-electron chi connectivity index (χ3n) is 3.57. The highest BCUT2D eigenvalue weighted by atomic mass is 32.2. The Labute approximate surface area is 115 Å². The van der Waals surface area contributed by atoms with Crippen LogP contribution in [0.3, 0.4) is 0 Å². The molecule has 1 aliphatic rings. The summed E-state index contributed by atoms with van der Waals surface area (Å²) in [5, 5.41) is 3.03. The molecular weight excluding hydrogens is 262 g/mol. The molecule has 0 bridgehead atoms. The molecule has 1 N–H and O–H groups in total. The van der Waals surface area contributed by atoms with Crippen LogP contribution in [0.2, 0.25) is 0 Å². The smallest absolute Gasteiger partial charge is 0.243 e. The van der Waals surface area contributed by atoms with Gasteiger partial charge in [0.1, 0.15) is 5.82 Å².